The van der Waals surface area contributed by atoms with Gasteiger partial charge in [0.1, 0.15) is 0 Å². The number of rotatable bonds is 4. The molecule has 0 aliphatic heterocycles. The first kappa shape index (κ1) is 13.3. The van der Waals surface area contributed by atoms with Crippen molar-refractivity contribution in [3.05, 3.63) is 34.9 Å². The lowest BCUT2D eigenvalue weighted by Gasteiger charge is -2.25. The van der Waals surface area contributed by atoms with Gasteiger partial charge in [-0.3, -0.25) is 0 Å². The summed E-state index contributed by atoms with van der Waals surface area (Å²) >= 11 is 0. The molecule has 0 heterocycles. The zero-order chi connectivity index (χ0) is 12.2. The van der Waals surface area contributed by atoms with E-state index in [1.807, 2.05) is 0 Å². The second-order valence-corrected chi connectivity index (χ2v) is 5.65. The summed E-state index contributed by atoms with van der Waals surface area (Å²) in [5.41, 5.74) is 4.97. The van der Waals surface area contributed by atoms with E-state index < -0.39 is 0 Å². The predicted molar refractivity (Wildman–Crippen MR) is 73.1 cm³/mol. The SMILES string of the molecule is CCCCc1c(CC)cccc1C(C)(C)C. The third-order valence-electron chi connectivity index (χ3n) is 3.24. The van der Waals surface area contributed by atoms with Crippen LogP contribution in [-0.2, 0) is 18.3 Å². The maximum Gasteiger partial charge on any atom is -0.0129 e. The van der Waals surface area contributed by atoms with E-state index in [2.05, 4.69) is 52.8 Å². The van der Waals surface area contributed by atoms with Crippen LogP contribution in [0.25, 0.3) is 0 Å². The van der Waals surface area contributed by atoms with Crippen LogP contribution in [0.15, 0.2) is 18.2 Å². The number of aryl methyl sites for hydroxylation is 1. The van der Waals surface area contributed by atoms with Gasteiger partial charge < -0.3 is 0 Å². The molecule has 1 rings (SSSR count). The lowest BCUT2D eigenvalue weighted by atomic mass is 9.80. The summed E-state index contributed by atoms with van der Waals surface area (Å²) < 4.78 is 0. The third-order valence-corrected chi connectivity index (χ3v) is 3.24. The number of hydrogen-bond acceptors (Lipinski definition) is 0. The summed E-state index contributed by atoms with van der Waals surface area (Å²) in [6.07, 6.45) is 4.98. The highest BCUT2D eigenvalue weighted by Gasteiger charge is 2.18. The quantitative estimate of drug-likeness (QED) is 0.675. The monoisotopic (exact) mass is 218 g/mol. The molecule has 0 aromatic heterocycles. The van der Waals surface area contributed by atoms with Crippen LogP contribution >= 0.6 is 0 Å². The van der Waals surface area contributed by atoms with Gasteiger partial charge in [-0.15, -0.1) is 0 Å². The first-order valence-electron chi connectivity index (χ1n) is 6.62. The Balaban J connectivity index is 3.15. The van der Waals surface area contributed by atoms with Crippen molar-refractivity contribution in [2.75, 3.05) is 0 Å². The van der Waals surface area contributed by atoms with E-state index >= 15 is 0 Å². The van der Waals surface area contributed by atoms with E-state index in [0.717, 1.165) is 6.42 Å². The Kier molecular flexibility index (Phi) is 4.58. The van der Waals surface area contributed by atoms with Gasteiger partial charge in [0, 0.05) is 0 Å². The van der Waals surface area contributed by atoms with E-state index in [1.54, 1.807) is 16.7 Å². The summed E-state index contributed by atoms with van der Waals surface area (Å²) in [5, 5.41) is 0. The molecule has 0 spiro atoms. The molecular formula is C16H26. The molecule has 90 valence electrons. The van der Waals surface area contributed by atoms with E-state index in [0.29, 0.717) is 0 Å². The van der Waals surface area contributed by atoms with Crippen molar-refractivity contribution in [2.45, 2.75) is 65.7 Å². The smallest absolute Gasteiger partial charge is 0.0129 e. The van der Waals surface area contributed by atoms with E-state index in [-0.39, 0.29) is 5.41 Å². The normalized spacial score (nSPS) is 11.8. The van der Waals surface area contributed by atoms with Crippen LogP contribution in [0.1, 0.15) is 64.2 Å². The summed E-state index contributed by atoms with van der Waals surface area (Å²) in [6.45, 7) is 11.5. The fourth-order valence-corrected chi connectivity index (χ4v) is 2.32. The van der Waals surface area contributed by atoms with Crippen molar-refractivity contribution < 1.29 is 0 Å². The minimum atomic E-state index is 0.272. The van der Waals surface area contributed by atoms with Gasteiger partial charge in [-0.25, -0.2) is 0 Å². The molecule has 0 unspecified atom stereocenters. The maximum absolute atomic E-state index is 2.32. The molecule has 0 fully saturated rings. The van der Waals surface area contributed by atoms with Crippen molar-refractivity contribution in [3.8, 4) is 0 Å². The van der Waals surface area contributed by atoms with Gasteiger partial charge in [-0.1, -0.05) is 59.2 Å². The second kappa shape index (κ2) is 5.52. The molecule has 0 aliphatic carbocycles. The average Bonchev–Trinajstić information content (AvgIpc) is 2.24. The Hall–Kier alpha value is -0.780. The molecule has 0 saturated carbocycles. The van der Waals surface area contributed by atoms with E-state index in [4.69, 9.17) is 0 Å². The molecule has 0 amide bonds. The molecular weight excluding hydrogens is 192 g/mol. The zero-order valence-corrected chi connectivity index (χ0v) is 11.6. The fraction of sp³-hybridized carbons (Fsp3) is 0.625. The van der Waals surface area contributed by atoms with E-state index in [1.165, 1.54) is 19.3 Å². The lowest BCUT2D eigenvalue weighted by Crippen LogP contribution is -2.15. The van der Waals surface area contributed by atoms with Gasteiger partial charge in [-0.2, -0.15) is 0 Å². The van der Waals surface area contributed by atoms with Crippen LogP contribution < -0.4 is 0 Å². The Morgan fingerprint density at radius 1 is 1.06 bits per heavy atom. The molecule has 0 N–H and O–H groups in total. The van der Waals surface area contributed by atoms with Gasteiger partial charge in [0.25, 0.3) is 0 Å². The van der Waals surface area contributed by atoms with Crippen molar-refractivity contribution >= 4 is 0 Å². The van der Waals surface area contributed by atoms with Gasteiger partial charge in [0.2, 0.25) is 0 Å². The Morgan fingerprint density at radius 3 is 2.25 bits per heavy atom. The number of hydrogen-bond donors (Lipinski definition) is 0. The third kappa shape index (κ3) is 3.10. The van der Waals surface area contributed by atoms with Crippen molar-refractivity contribution in [1.82, 2.24) is 0 Å². The van der Waals surface area contributed by atoms with Crippen LogP contribution in [0.2, 0.25) is 0 Å². The van der Waals surface area contributed by atoms with Crippen LogP contribution in [0.3, 0.4) is 0 Å². The lowest BCUT2D eigenvalue weighted by molar-refractivity contribution is 0.578. The van der Waals surface area contributed by atoms with Gasteiger partial charge >= 0.3 is 0 Å². The topological polar surface area (TPSA) is 0 Å². The molecule has 0 bridgehead atoms. The molecule has 0 nitrogen and oxygen atoms in total. The molecule has 0 saturated heterocycles. The maximum atomic E-state index is 2.32. The minimum Gasteiger partial charge on any atom is -0.0654 e. The molecule has 1 aromatic carbocycles. The Bertz CT molecular complexity index is 328. The first-order valence-corrected chi connectivity index (χ1v) is 6.62. The summed E-state index contributed by atoms with van der Waals surface area (Å²) in [6, 6.07) is 6.82. The zero-order valence-electron chi connectivity index (χ0n) is 11.6. The van der Waals surface area contributed by atoms with Crippen molar-refractivity contribution in [1.29, 1.82) is 0 Å². The molecule has 16 heavy (non-hydrogen) atoms. The van der Waals surface area contributed by atoms with Gasteiger partial charge in [-0.05, 0) is 41.4 Å². The van der Waals surface area contributed by atoms with Crippen molar-refractivity contribution in [3.63, 3.8) is 0 Å². The summed E-state index contributed by atoms with van der Waals surface area (Å²) in [4.78, 5) is 0. The predicted octanol–water partition coefficient (Wildman–Crippen LogP) is 4.89. The highest BCUT2D eigenvalue weighted by atomic mass is 14.2. The molecule has 1 aromatic rings. The number of unbranched alkanes of at least 4 members (excludes halogenated alkanes) is 1. The second-order valence-electron chi connectivity index (χ2n) is 5.65. The molecule has 0 heteroatoms. The van der Waals surface area contributed by atoms with E-state index in [9.17, 15) is 0 Å². The Morgan fingerprint density at radius 2 is 1.75 bits per heavy atom. The average molecular weight is 218 g/mol. The van der Waals surface area contributed by atoms with Crippen LogP contribution in [0.5, 0.6) is 0 Å². The standard InChI is InChI=1S/C16H26/c1-6-8-11-14-13(7-2)10-9-12-15(14)16(3,4)5/h9-10,12H,6-8,11H2,1-5H3. The Labute approximate surface area is 101 Å². The molecule has 0 atom stereocenters. The highest BCUT2D eigenvalue weighted by molar-refractivity contribution is 5.39. The molecule has 0 radical (unpaired) electrons. The summed E-state index contributed by atoms with van der Waals surface area (Å²) in [7, 11) is 0. The van der Waals surface area contributed by atoms with Gasteiger partial charge in [0.05, 0.1) is 0 Å². The summed E-state index contributed by atoms with van der Waals surface area (Å²) in [5.74, 6) is 0. The minimum absolute atomic E-state index is 0.272. The van der Waals surface area contributed by atoms with Gasteiger partial charge in [0.15, 0.2) is 0 Å². The molecule has 0 aliphatic rings. The van der Waals surface area contributed by atoms with Crippen LogP contribution in [0, 0.1) is 0 Å². The first-order chi connectivity index (χ1) is 7.50. The van der Waals surface area contributed by atoms with Crippen LogP contribution in [-0.4, -0.2) is 0 Å². The largest absolute Gasteiger partial charge is 0.0654 e. The van der Waals surface area contributed by atoms with Crippen molar-refractivity contribution in [2.24, 2.45) is 0 Å². The fourth-order valence-electron chi connectivity index (χ4n) is 2.32. The number of benzene rings is 1. The highest BCUT2D eigenvalue weighted by Crippen LogP contribution is 2.29. The van der Waals surface area contributed by atoms with Crippen LogP contribution in [0.4, 0.5) is 0 Å².